The van der Waals surface area contributed by atoms with Crippen LogP contribution in [0, 0.1) is 0 Å². The first-order chi connectivity index (χ1) is 30.0. The van der Waals surface area contributed by atoms with Crippen LogP contribution in [0.3, 0.4) is 0 Å². The summed E-state index contributed by atoms with van der Waals surface area (Å²) >= 11 is 23.9. The first kappa shape index (κ1) is 48.6. The Morgan fingerprint density at radius 1 is 0.651 bits per heavy atom. The lowest BCUT2D eigenvalue weighted by Gasteiger charge is -2.29. The van der Waals surface area contributed by atoms with Gasteiger partial charge in [0.15, 0.2) is 0 Å². The molecule has 0 aliphatic rings. The number of hydrogen-bond acceptors (Lipinski definition) is 7. The van der Waals surface area contributed by atoms with Crippen molar-refractivity contribution in [1.29, 1.82) is 0 Å². The zero-order valence-electron chi connectivity index (χ0n) is 35.1. The fraction of sp³-hybridized carbons (Fsp3) is 0.261. The number of anilines is 2. The van der Waals surface area contributed by atoms with Crippen LogP contribution >= 0.6 is 46.4 Å². The predicted octanol–water partition coefficient (Wildman–Crippen LogP) is 10.2. The van der Waals surface area contributed by atoms with Crippen molar-refractivity contribution in [3.8, 4) is 0 Å². The average Bonchev–Trinajstić information content (AvgIpc) is 3.74. The number of H-pyrrole nitrogens is 1. The van der Waals surface area contributed by atoms with Crippen molar-refractivity contribution in [3.63, 3.8) is 0 Å². The zero-order chi connectivity index (χ0) is 45.8. The summed E-state index contributed by atoms with van der Waals surface area (Å²) in [5.74, 6) is -0.193. The number of rotatable bonds is 14. The van der Waals surface area contributed by atoms with Crippen LogP contribution < -0.4 is 21.7 Å². The Hall–Kier alpha value is -5.38. The number of aromatic amines is 1. The van der Waals surface area contributed by atoms with Gasteiger partial charge in [-0.15, -0.1) is 0 Å². The van der Waals surface area contributed by atoms with Gasteiger partial charge >= 0.3 is 12.1 Å². The van der Waals surface area contributed by atoms with Crippen LogP contribution in [-0.4, -0.2) is 73.1 Å². The lowest BCUT2D eigenvalue weighted by atomic mass is 10.1. The second-order valence-corrected chi connectivity index (χ2v) is 16.8. The minimum absolute atomic E-state index is 0.0793. The Morgan fingerprint density at radius 2 is 1.13 bits per heavy atom. The molecule has 0 bridgehead atoms. The smallest absolute Gasteiger partial charge is 0.322 e. The van der Waals surface area contributed by atoms with Crippen molar-refractivity contribution in [2.24, 2.45) is 5.73 Å². The average molecular weight is 937 g/mol. The van der Waals surface area contributed by atoms with Gasteiger partial charge in [0.25, 0.3) is 5.91 Å². The molecule has 0 saturated heterocycles. The number of amides is 5. The highest BCUT2D eigenvalue weighted by molar-refractivity contribution is 6.42. The number of aromatic nitrogens is 2. The van der Waals surface area contributed by atoms with Crippen LogP contribution in [0.2, 0.25) is 20.1 Å². The second-order valence-electron chi connectivity index (χ2n) is 15.1. The van der Waals surface area contributed by atoms with Gasteiger partial charge in [0.2, 0.25) is 0 Å². The Bertz CT molecular complexity index is 2480. The predicted molar refractivity (Wildman–Crippen MR) is 253 cm³/mol. The molecule has 2 atom stereocenters. The maximum absolute atomic E-state index is 13.0. The van der Waals surface area contributed by atoms with E-state index in [1.807, 2.05) is 52.0 Å². The summed E-state index contributed by atoms with van der Waals surface area (Å²) in [5, 5.41) is 31.3. The number of urea groups is 2. The maximum atomic E-state index is 13.0. The lowest BCUT2D eigenvalue weighted by Crippen LogP contribution is -2.42. The molecule has 332 valence electrons. The van der Waals surface area contributed by atoms with Crippen LogP contribution in [0.15, 0.2) is 109 Å². The third-order valence-electron chi connectivity index (χ3n) is 9.95. The van der Waals surface area contributed by atoms with E-state index in [4.69, 9.17) is 52.1 Å². The highest BCUT2D eigenvalue weighted by Gasteiger charge is 2.24. The van der Waals surface area contributed by atoms with E-state index in [-0.39, 0.29) is 43.1 Å². The summed E-state index contributed by atoms with van der Waals surface area (Å²) < 4.78 is 0. The molecule has 5 amide bonds. The molecule has 13 nitrogen and oxygen atoms in total. The summed E-state index contributed by atoms with van der Waals surface area (Å²) in [6, 6.07) is 28.7. The maximum Gasteiger partial charge on any atom is 0.322 e. The van der Waals surface area contributed by atoms with Crippen LogP contribution in [0.1, 0.15) is 72.5 Å². The van der Waals surface area contributed by atoms with Gasteiger partial charge in [0, 0.05) is 42.1 Å². The Morgan fingerprint density at radius 3 is 1.57 bits per heavy atom. The molecule has 0 spiro atoms. The number of nitrogens with one attached hydrogen (secondary N) is 4. The molecule has 0 unspecified atom stereocenters. The van der Waals surface area contributed by atoms with Crippen LogP contribution in [0.4, 0.5) is 21.0 Å². The van der Waals surface area contributed by atoms with Gasteiger partial charge in [0.1, 0.15) is 0 Å². The van der Waals surface area contributed by atoms with E-state index in [1.165, 1.54) is 4.90 Å². The molecular formula is C46H50Cl4N8O5. The first-order valence-corrected chi connectivity index (χ1v) is 21.5. The number of imidazole rings is 1. The van der Waals surface area contributed by atoms with E-state index in [2.05, 4.69) is 25.9 Å². The van der Waals surface area contributed by atoms with Crippen LogP contribution in [0.25, 0.3) is 11.0 Å². The van der Waals surface area contributed by atoms with E-state index in [9.17, 15) is 24.6 Å². The molecule has 17 heteroatoms. The lowest BCUT2D eigenvalue weighted by molar-refractivity contribution is 0.0951. The molecule has 6 aromatic rings. The fourth-order valence-corrected chi connectivity index (χ4v) is 6.87. The Kier molecular flexibility index (Phi) is 17.6. The number of aliphatic hydroxyl groups is 2. The van der Waals surface area contributed by atoms with E-state index in [0.717, 1.165) is 22.2 Å². The summed E-state index contributed by atoms with van der Waals surface area (Å²) in [4.78, 5) is 48.4. The molecular weight excluding hydrogens is 886 g/mol. The zero-order valence-corrected chi connectivity index (χ0v) is 38.1. The van der Waals surface area contributed by atoms with Gasteiger partial charge in [-0.2, -0.15) is 0 Å². The minimum Gasteiger partial charge on any atom is -0.387 e. The first-order valence-electron chi connectivity index (χ1n) is 20.0. The van der Waals surface area contributed by atoms with Crippen molar-refractivity contribution in [2.75, 3.05) is 23.7 Å². The van der Waals surface area contributed by atoms with E-state index < -0.39 is 12.2 Å². The number of nitrogens with two attached hydrogens (primary N) is 1. The molecule has 6 rings (SSSR count). The van der Waals surface area contributed by atoms with Crippen molar-refractivity contribution < 1.29 is 24.6 Å². The number of aliphatic hydroxyl groups excluding tert-OH is 2. The highest BCUT2D eigenvalue weighted by atomic mass is 35.5. The van der Waals surface area contributed by atoms with Gasteiger partial charge in [0.05, 0.1) is 62.7 Å². The summed E-state index contributed by atoms with van der Waals surface area (Å²) in [5.41, 5.74) is 12.0. The van der Waals surface area contributed by atoms with Gasteiger partial charge in [-0.05, 0) is 117 Å². The monoisotopic (exact) mass is 934 g/mol. The highest BCUT2D eigenvalue weighted by Crippen LogP contribution is 2.28. The van der Waals surface area contributed by atoms with E-state index in [1.54, 1.807) is 90.1 Å². The largest absolute Gasteiger partial charge is 0.387 e. The van der Waals surface area contributed by atoms with Gasteiger partial charge in [-0.25, -0.2) is 14.6 Å². The van der Waals surface area contributed by atoms with Crippen molar-refractivity contribution in [3.05, 3.63) is 157 Å². The summed E-state index contributed by atoms with van der Waals surface area (Å²) in [6.45, 7) is 8.51. The molecule has 0 saturated carbocycles. The molecule has 0 fully saturated rings. The molecule has 63 heavy (non-hydrogen) atoms. The van der Waals surface area contributed by atoms with Crippen LogP contribution in [-0.2, 0) is 13.1 Å². The van der Waals surface area contributed by atoms with Crippen molar-refractivity contribution in [2.45, 2.75) is 65.1 Å². The molecule has 0 aliphatic heterocycles. The normalized spacial score (nSPS) is 12.0. The van der Waals surface area contributed by atoms with Gasteiger partial charge in [-0.3, -0.25) is 4.79 Å². The number of carbonyl (C=O) groups is 3. The quantitative estimate of drug-likeness (QED) is 0.0566. The van der Waals surface area contributed by atoms with Crippen molar-refractivity contribution >= 4 is 86.8 Å². The molecule has 5 aromatic carbocycles. The molecule has 1 heterocycles. The second kappa shape index (κ2) is 22.8. The standard InChI is InChI=1S/C27H27Cl2N5O3.C19H23Cl2N3O2/c1-16(2)34(14-25(35)18-5-9-21(28)22(29)11-18)27(37)33-20-7-3-17(4-8-20)13-30-26(36)19-6-10-23-24(12-19)32-15-31-23;1-12(2)24(11-18(25)14-5-8-16(20)17(21)9-14)19(26)23-15-6-3-13(10-22)4-7-15/h3-12,15-16,25,35H,13-14H2,1-2H3,(H,30,36)(H,31,32)(H,33,37);3-9,12,18,25H,10-11,22H2,1-2H3,(H,23,26)/t25-;18-/m11/s1. The Balaban J connectivity index is 0.000000253. The van der Waals surface area contributed by atoms with Crippen LogP contribution in [0.5, 0.6) is 0 Å². The molecule has 1 aromatic heterocycles. The number of fused-ring (bicyclic) bond motifs is 1. The minimum atomic E-state index is -0.928. The van der Waals surface area contributed by atoms with E-state index >= 15 is 0 Å². The fourth-order valence-electron chi connectivity index (χ4n) is 6.26. The third-order valence-corrected chi connectivity index (χ3v) is 11.4. The summed E-state index contributed by atoms with van der Waals surface area (Å²) in [6.07, 6.45) is -0.217. The topological polar surface area (TPSA) is 189 Å². The van der Waals surface area contributed by atoms with E-state index in [0.29, 0.717) is 61.2 Å². The number of carbonyl (C=O) groups excluding carboxylic acids is 3. The third kappa shape index (κ3) is 13.8. The number of hydrogen-bond donors (Lipinski definition) is 7. The Labute approximate surface area is 386 Å². The summed E-state index contributed by atoms with van der Waals surface area (Å²) in [7, 11) is 0. The SMILES string of the molecule is CC(C)N(C[C@@H](O)c1ccc(Cl)c(Cl)c1)C(=O)Nc1ccc(CN)cc1.CC(C)N(C[C@@H](O)c1ccc(Cl)c(Cl)c1)C(=O)Nc1ccc(CNC(=O)c2ccc3nc[nH]c3c2)cc1. The number of nitrogens with zero attached hydrogens (tertiary/aromatic N) is 3. The molecule has 8 N–H and O–H groups in total. The molecule has 0 radical (unpaired) electrons. The number of benzene rings is 5. The number of halogens is 4. The van der Waals surface area contributed by atoms with Gasteiger partial charge < -0.3 is 46.7 Å². The van der Waals surface area contributed by atoms with Crippen molar-refractivity contribution in [1.82, 2.24) is 25.1 Å². The van der Waals surface area contributed by atoms with Gasteiger partial charge in [-0.1, -0.05) is 82.8 Å². The molecule has 0 aliphatic carbocycles.